The lowest BCUT2D eigenvalue weighted by atomic mass is 10.1. The molecule has 0 atom stereocenters. The molecule has 0 fully saturated rings. The van der Waals surface area contributed by atoms with Crippen LogP contribution in [0.1, 0.15) is 23.0 Å². The Morgan fingerprint density at radius 3 is 2.62 bits per heavy atom. The molecule has 0 radical (unpaired) electrons. The molecule has 0 bridgehead atoms. The van der Waals surface area contributed by atoms with Crippen LogP contribution in [0.25, 0.3) is 21.3 Å². The van der Waals surface area contributed by atoms with Gasteiger partial charge in [0.05, 0.1) is 17.9 Å². The predicted molar refractivity (Wildman–Crippen MR) is 115 cm³/mol. The topological polar surface area (TPSA) is 60.7 Å². The number of hydrogen-bond donors (Lipinski definition) is 1. The molecule has 4 rings (SSSR count). The Balaban J connectivity index is 1.85. The molecule has 0 aliphatic rings. The highest BCUT2D eigenvalue weighted by Crippen LogP contribution is 2.38. The van der Waals surface area contributed by atoms with Crippen molar-refractivity contribution in [1.82, 2.24) is 4.57 Å². The Labute approximate surface area is 172 Å². The highest BCUT2D eigenvalue weighted by atomic mass is 32.1. The van der Waals surface area contributed by atoms with E-state index in [0.717, 1.165) is 21.7 Å². The summed E-state index contributed by atoms with van der Waals surface area (Å²) in [4.78, 5) is 13.7. The van der Waals surface area contributed by atoms with Gasteiger partial charge in [-0.1, -0.05) is 24.3 Å². The Bertz CT molecular complexity index is 1150. The summed E-state index contributed by atoms with van der Waals surface area (Å²) in [5, 5.41) is 13.3. The summed E-state index contributed by atoms with van der Waals surface area (Å²) in [7, 11) is 1.89. The van der Waals surface area contributed by atoms with Gasteiger partial charge in [0.25, 0.3) is 0 Å². The van der Waals surface area contributed by atoms with Crippen LogP contribution in [-0.2, 0) is 18.4 Å². The summed E-state index contributed by atoms with van der Waals surface area (Å²) in [6.45, 7) is 2.25. The number of aromatic nitrogens is 1. The van der Waals surface area contributed by atoms with Gasteiger partial charge in [-0.25, -0.2) is 4.79 Å². The van der Waals surface area contributed by atoms with Gasteiger partial charge in [0.2, 0.25) is 0 Å². The van der Waals surface area contributed by atoms with Crippen molar-refractivity contribution in [3.63, 3.8) is 0 Å². The predicted octanol–water partition coefficient (Wildman–Crippen LogP) is 5.37. The molecule has 0 aliphatic heterocycles. The fourth-order valence-corrected chi connectivity index (χ4v) is 4.17. The van der Waals surface area contributed by atoms with Gasteiger partial charge in [-0.15, -0.1) is 11.3 Å². The second kappa shape index (κ2) is 8.01. The molecule has 2 aromatic carbocycles. The number of aryl methyl sites for hydroxylation is 1. The van der Waals surface area contributed by atoms with Gasteiger partial charge < -0.3 is 19.1 Å². The number of aromatic hydroxyl groups is 1. The number of para-hydroxylation sites is 1. The molecule has 5 nitrogen and oxygen atoms in total. The summed E-state index contributed by atoms with van der Waals surface area (Å²) >= 11 is 1.55. The van der Waals surface area contributed by atoms with Gasteiger partial charge in [0, 0.05) is 28.4 Å². The highest BCUT2D eigenvalue weighted by Gasteiger charge is 2.24. The summed E-state index contributed by atoms with van der Waals surface area (Å²) < 4.78 is 13.1. The van der Waals surface area contributed by atoms with Crippen LogP contribution in [-0.4, -0.2) is 22.2 Å². The van der Waals surface area contributed by atoms with Crippen LogP contribution in [0, 0.1) is 0 Å². The van der Waals surface area contributed by atoms with E-state index in [0.29, 0.717) is 16.6 Å². The second-order valence-corrected chi connectivity index (χ2v) is 7.51. The molecular formula is C23H21NO4S. The largest absolute Gasteiger partial charge is 0.507 e. The van der Waals surface area contributed by atoms with Crippen molar-refractivity contribution in [2.75, 3.05) is 6.61 Å². The smallest absolute Gasteiger partial charge is 0.340 e. The third-order valence-electron chi connectivity index (χ3n) is 4.82. The number of carbonyl (C=O) groups excluding carboxylic acids is 1. The number of nitrogens with zero attached hydrogens (tertiary/aromatic N) is 1. The molecule has 0 saturated carbocycles. The first-order chi connectivity index (χ1) is 14.1. The number of benzene rings is 2. The first kappa shape index (κ1) is 19.1. The van der Waals surface area contributed by atoms with Crippen LogP contribution in [0.4, 0.5) is 0 Å². The van der Waals surface area contributed by atoms with Gasteiger partial charge in [-0.2, -0.15) is 0 Å². The number of fused-ring (bicyclic) bond motifs is 1. The molecule has 6 heteroatoms. The Morgan fingerprint density at radius 1 is 1.14 bits per heavy atom. The van der Waals surface area contributed by atoms with E-state index in [1.807, 2.05) is 65.5 Å². The van der Waals surface area contributed by atoms with E-state index in [-0.39, 0.29) is 19.0 Å². The standard InChI is InChI=1S/C23H21NO4S/c1-3-27-23(26)22-16-13-20(25)17(21-10-7-11-29-21)12-18(16)24(2)19(22)14-28-15-8-5-4-6-9-15/h4-13,25H,3,14H2,1-2H3. The zero-order chi connectivity index (χ0) is 20.4. The maximum atomic E-state index is 12.8. The summed E-state index contributed by atoms with van der Waals surface area (Å²) in [5.41, 5.74) is 2.69. The van der Waals surface area contributed by atoms with Gasteiger partial charge in [0.15, 0.2) is 0 Å². The number of carbonyl (C=O) groups is 1. The van der Waals surface area contributed by atoms with Crippen LogP contribution in [0.3, 0.4) is 0 Å². The van der Waals surface area contributed by atoms with Crippen molar-refractivity contribution >= 4 is 28.2 Å². The number of rotatable bonds is 6. The zero-order valence-corrected chi connectivity index (χ0v) is 17.0. The van der Waals surface area contributed by atoms with E-state index in [1.165, 1.54) is 0 Å². The van der Waals surface area contributed by atoms with Crippen molar-refractivity contribution in [2.24, 2.45) is 7.05 Å². The van der Waals surface area contributed by atoms with E-state index < -0.39 is 5.97 Å². The number of phenolic OH excluding ortho intramolecular Hbond substituents is 1. The zero-order valence-electron chi connectivity index (χ0n) is 16.2. The second-order valence-electron chi connectivity index (χ2n) is 6.57. The van der Waals surface area contributed by atoms with Crippen molar-refractivity contribution in [3.05, 3.63) is 71.2 Å². The van der Waals surface area contributed by atoms with E-state index in [1.54, 1.807) is 24.3 Å². The minimum absolute atomic E-state index is 0.131. The fourth-order valence-electron chi connectivity index (χ4n) is 3.42. The van der Waals surface area contributed by atoms with Crippen molar-refractivity contribution < 1.29 is 19.4 Å². The summed E-state index contributed by atoms with van der Waals surface area (Å²) in [6, 6.07) is 16.9. The van der Waals surface area contributed by atoms with Crippen molar-refractivity contribution in [1.29, 1.82) is 0 Å². The fraction of sp³-hybridized carbons (Fsp3) is 0.174. The van der Waals surface area contributed by atoms with Gasteiger partial charge in [-0.3, -0.25) is 0 Å². The van der Waals surface area contributed by atoms with E-state index in [4.69, 9.17) is 9.47 Å². The lowest BCUT2D eigenvalue weighted by Gasteiger charge is -2.10. The maximum absolute atomic E-state index is 12.8. The average Bonchev–Trinajstić information content (AvgIpc) is 3.34. The Hall–Kier alpha value is -3.25. The first-order valence-electron chi connectivity index (χ1n) is 9.33. The van der Waals surface area contributed by atoms with Crippen LogP contribution in [0.5, 0.6) is 11.5 Å². The SMILES string of the molecule is CCOC(=O)c1c(COc2ccccc2)n(C)c2cc(-c3cccs3)c(O)cc12. The van der Waals surface area contributed by atoms with Gasteiger partial charge in [0.1, 0.15) is 18.1 Å². The Kier molecular flexibility index (Phi) is 5.27. The number of phenols is 1. The van der Waals surface area contributed by atoms with Crippen LogP contribution in [0.2, 0.25) is 0 Å². The molecule has 4 aromatic rings. The van der Waals surface area contributed by atoms with Crippen molar-refractivity contribution in [2.45, 2.75) is 13.5 Å². The lowest BCUT2D eigenvalue weighted by Crippen LogP contribution is -2.11. The monoisotopic (exact) mass is 407 g/mol. The number of esters is 1. The van der Waals surface area contributed by atoms with Gasteiger partial charge in [-0.05, 0) is 42.6 Å². The first-order valence-corrected chi connectivity index (χ1v) is 10.2. The molecule has 0 aliphatic carbocycles. The normalized spacial score (nSPS) is 11.0. The van der Waals surface area contributed by atoms with Crippen LogP contribution in [0.15, 0.2) is 60.0 Å². The molecular weight excluding hydrogens is 386 g/mol. The molecule has 2 aromatic heterocycles. The van der Waals surface area contributed by atoms with E-state index in [2.05, 4.69) is 0 Å². The minimum atomic E-state index is -0.423. The lowest BCUT2D eigenvalue weighted by molar-refractivity contribution is 0.0525. The third-order valence-corrected chi connectivity index (χ3v) is 5.73. The highest BCUT2D eigenvalue weighted by molar-refractivity contribution is 7.13. The quantitative estimate of drug-likeness (QED) is 0.437. The summed E-state index contributed by atoms with van der Waals surface area (Å²) in [6.07, 6.45) is 0. The molecule has 0 unspecified atom stereocenters. The number of ether oxygens (including phenoxy) is 2. The van der Waals surface area contributed by atoms with Gasteiger partial charge >= 0.3 is 5.97 Å². The average molecular weight is 407 g/mol. The minimum Gasteiger partial charge on any atom is -0.507 e. The molecule has 0 saturated heterocycles. The van der Waals surface area contributed by atoms with Crippen LogP contribution < -0.4 is 4.74 Å². The summed E-state index contributed by atoms with van der Waals surface area (Å²) in [5.74, 6) is 0.425. The molecule has 0 amide bonds. The number of hydrogen-bond acceptors (Lipinski definition) is 5. The molecule has 148 valence electrons. The van der Waals surface area contributed by atoms with E-state index >= 15 is 0 Å². The molecule has 1 N–H and O–H groups in total. The third kappa shape index (κ3) is 3.59. The molecule has 0 spiro atoms. The maximum Gasteiger partial charge on any atom is 0.340 e. The molecule has 29 heavy (non-hydrogen) atoms. The number of thiophene rings is 1. The van der Waals surface area contributed by atoms with Crippen molar-refractivity contribution in [3.8, 4) is 21.9 Å². The van der Waals surface area contributed by atoms with Crippen LogP contribution >= 0.6 is 11.3 Å². The van der Waals surface area contributed by atoms with E-state index in [9.17, 15) is 9.90 Å². The molecule has 2 heterocycles. The Morgan fingerprint density at radius 2 is 1.93 bits per heavy atom.